The Morgan fingerprint density at radius 3 is 2.70 bits per heavy atom. The average molecular weight is 375 g/mol. The smallest absolute Gasteiger partial charge is 0.156 e. The third-order valence-electron chi connectivity index (χ3n) is 4.48. The Balaban J connectivity index is 1.89. The summed E-state index contributed by atoms with van der Waals surface area (Å²) in [5.41, 5.74) is 5.25. The van der Waals surface area contributed by atoms with Crippen molar-refractivity contribution in [3.63, 3.8) is 0 Å². The molecule has 2 aromatic carbocycles. The maximum atomic E-state index is 5.08. The fraction of sp³-hybridized carbons (Fsp3) is 0.227. The van der Waals surface area contributed by atoms with Gasteiger partial charge in [0.1, 0.15) is 17.0 Å². The van der Waals surface area contributed by atoms with Crippen molar-refractivity contribution in [3.05, 3.63) is 71.5 Å². The Hall–Kier alpha value is -2.66. The highest BCUT2D eigenvalue weighted by Gasteiger charge is 2.22. The number of aryl methyl sites for hydroxylation is 1. The molecule has 27 heavy (non-hydrogen) atoms. The van der Waals surface area contributed by atoms with Crippen molar-refractivity contribution in [1.29, 1.82) is 0 Å². The molecule has 0 bridgehead atoms. The number of aromatic nitrogens is 2. The van der Waals surface area contributed by atoms with Crippen molar-refractivity contribution < 1.29 is 0 Å². The maximum Gasteiger partial charge on any atom is 0.156 e. The third-order valence-corrected chi connectivity index (χ3v) is 5.55. The zero-order valence-corrected chi connectivity index (χ0v) is 16.4. The van der Waals surface area contributed by atoms with Crippen molar-refractivity contribution in [2.45, 2.75) is 36.6 Å². The Morgan fingerprint density at radius 1 is 1.04 bits per heavy atom. The van der Waals surface area contributed by atoms with Gasteiger partial charge in [-0.2, -0.15) is 0 Å². The zero-order valence-electron chi connectivity index (χ0n) is 15.6. The number of nitrogens with one attached hydrogen (secondary N) is 1. The van der Waals surface area contributed by atoms with Crippen LogP contribution in [0.3, 0.4) is 0 Å². The van der Waals surface area contributed by atoms with Gasteiger partial charge in [-0.05, 0) is 25.5 Å². The second-order valence-corrected chi connectivity index (χ2v) is 7.62. The lowest BCUT2D eigenvalue weighted by atomic mass is 10.0. The van der Waals surface area contributed by atoms with Gasteiger partial charge >= 0.3 is 0 Å². The van der Waals surface area contributed by atoms with Gasteiger partial charge in [0.25, 0.3) is 0 Å². The molecule has 1 N–H and O–H groups in total. The highest BCUT2D eigenvalue weighted by atomic mass is 32.2. The summed E-state index contributed by atoms with van der Waals surface area (Å²) in [6.07, 6.45) is 3.86. The zero-order chi connectivity index (χ0) is 18.6. The van der Waals surface area contributed by atoms with Crippen LogP contribution in [0, 0.1) is 6.92 Å². The van der Waals surface area contributed by atoms with Gasteiger partial charge in [-0.15, -0.1) is 0 Å². The fourth-order valence-electron chi connectivity index (χ4n) is 3.06. The van der Waals surface area contributed by atoms with Crippen LogP contribution >= 0.6 is 11.8 Å². The van der Waals surface area contributed by atoms with Crippen LogP contribution in [0.4, 0.5) is 11.5 Å². The fourth-order valence-corrected chi connectivity index (χ4v) is 4.01. The number of nitrogens with zero attached hydrogens (tertiary/aromatic N) is 3. The number of aliphatic imine (C=N–C) groups is 1. The van der Waals surface area contributed by atoms with E-state index in [4.69, 9.17) is 4.99 Å². The van der Waals surface area contributed by atoms with Crippen molar-refractivity contribution >= 4 is 29.0 Å². The number of benzene rings is 2. The minimum absolute atomic E-state index is 0.805. The molecule has 5 heteroatoms. The molecule has 0 aliphatic carbocycles. The lowest BCUT2D eigenvalue weighted by molar-refractivity contribution is 0.829. The SMILES string of the molecule is CCCCNc1ncnc2c1N=C(c1ccccc1)c1cc(C)ccc1S2. The summed E-state index contributed by atoms with van der Waals surface area (Å²) in [6, 6.07) is 16.8. The van der Waals surface area contributed by atoms with Gasteiger partial charge in [0, 0.05) is 22.6 Å². The molecule has 4 nitrogen and oxygen atoms in total. The normalized spacial score (nSPS) is 12.6. The number of hydrogen-bond acceptors (Lipinski definition) is 5. The maximum absolute atomic E-state index is 5.08. The molecule has 4 rings (SSSR count). The van der Waals surface area contributed by atoms with Gasteiger partial charge in [0.2, 0.25) is 0 Å². The first kappa shape index (κ1) is 17.7. The molecule has 0 spiro atoms. The van der Waals surface area contributed by atoms with Crippen LogP contribution in [0.1, 0.15) is 36.5 Å². The van der Waals surface area contributed by atoms with E-state index < -0.39 is 0 Å². The molecule has 1 aromatic heterocycles. The second kappa shape index (κ2) is 7.92. The van der Waals surface area contributed by atoms with Crippen LogP contribution in [-0.4, -0.2) is 22.2 Å². The van der Waals surface area contributed by atoms with Gasteiger partial charge < -0.3 is 5.32 Å². The number of hydrogen-bond donors (Lipinski definition) is 1. The standard InChI is InChI=1S/C22H22N4S/c1-3-4-12-23-21-20-22(25-14-24-21)27-18-11-10-15(2)13-17(18)19(26-20)16-8-6-5-7-9-16/h5-11,13-14H,3-4,12H2,1-2H3,(H,23,24,25). The first-order valence-corrected chi connectivity index (χ1v) is 10.1. The van der Waals surface area contributed by atoms with Gasteiger partial charge in [0.15, 0.2) is 5.82 Å². The molecular weight excluding hydrogens is 352 g/mol. The van der Waals surface area contributed by atoms with Crippen molar-refractivity contribution in [2.75, 3.05) is 11.9 Å². The van der Waals surface area contributed by atoms with E-state index >= 15 is 0 Å². The molecule has 0 radical (unpaired) electrons. The van der Waals surface area contributed by atoms with E-state index in [9.17, 15) is 0 Å². The Labute approximate surface area is 164 Å². The van der Waals surface area contributed by atoms with Crippen LogP contribution < -0.4 is 5.32 Å². The van der Waals surface area contributed by atoms with E-state index in [1.165, 1.54) is 10.5 Å². The monoisotopic (exact) mass is 374 g/mol. The number of anilines is 1. The molecule has 2 heterocycles. The quantitative estimate of drug-likeness (QED) is 0.363. The molecule has 0 unspecified atom stereocenters. The van der Waals surface area contributed by atoms with Crippen molar-refractivity contribution in [1.82, 2.24) is 9.97 Å². The minimum Gasteiger partial charge on any atom is -0.368 e. The molecule has 1 aliphatic rings. The summed E-state index contributed by atoms with van der Waals surface area (Å²) >= 11 is 1.66. The van der Waals surface area contributed by atoms with Gasteiger partial charge in [-0.1, -0.05) is 67.1 Å². The summed E-state index contributed by atoms with van der Waals surface area (Å²) in [5, 5.41) is 4.33. The van der Waals surface area contributed by atoms with E-state index in [2.05, 4.69) is 59.5 Å². The third kappa shape index (κ3) is 3.74. The minimum atomic E-state index is 0.805. The molecule has 0 amide bonds. The van der Waals surface area contributed by atoms with Crippen molar-refractivity contribution in [3.8, 4) is 0 Å². The van der Waals surface area contributed by atoms with Crippen LogP contribution in [0.2, 0.25) is 0 Å². The van der Waals surface area contributed by atoms with E-state index in [1.54, 1.807) is 18.1 Å². The lowest BCUT2D eigenvalue weighted by Gasteiger charge is -2.10. The predicted molar refractivity (Wildman–Crippen MR) is 112 cm³/mol. The van der Waals surface area contributed by atoms with Gasteiger partial charge in [-0.25, -0.2) is 15.0 Å². The molecule has 0 fully saturated rings. The van der Waals surface area contributed by atoms with Crippen LogP contribution in [0.25, 0.3) is 0 Å². The van der Waals surface area contributed by atoms with E-state index in [-0.39, 0.29) is 0 Å². The first-order chi connectivity index (χ1) is 13.3. The van der Waals surface area contributed by atoms with Crippen LogP contribution in [-0.2, 0) is 0 Å². The Morgan fingerprint density at radius 2 is 1.89 bits per heavy atom. The lowest BCUT2D eigenvalue weighted by Crippen LogP contribution is -2.06. The summed E-state index contributed by atoms with van der Waals surface area (Å²) in [6.45, 7) is 5.18. The summed E-state index contributed by atoms with van der Waals surface area (Å²) in [4.78, 5) is 15.2. The Bertz CT molecular complexity index is 983. The molecule has 1 aliphatic heterocycles. The molecule has 0 saturated heterocycles. The number of rotatable bonds is 5. The number of unbranched alkanes of at least 4 members (excludes halogenated alkanes) is 1. The highest BCUT2D eigenvalue weighted by molar-refractivity contribution is 7.99. The number of fused-ring (bicyclic) bond motifs is 2. The predicted octanol–water partition coefficient (Wildman–Crippen LogP) is 5.63. The molecule has 136 valence electrons. The van der Waals surface area contributed by atoms with E-state index in [0.717, 1.165) is 52.8 Å². The van der Waals surface area contributed by atoms with E-state index in [0.29, 0.717) is 0 Å². The Kier molecular flexibility index (Phi) is 5.21. The van der Waals surface area contributed by atoms with Gasteiger partial charge in [-0.3, -0.25) is 0 Å². The largest absolute Gasteiger partial charge is 0.368 e. The summed E-state index contributed by atoms with van der Waals surface area (Å²) < 4.78 is 0. The molecular formula is C22H22N4S. The van der Waals surface area contributed by atoms with Crippen LogP contribution in [0.5, 0.6) is 0 Å². The average Bonchev–Trinajstić information content (AvgIpc) is 2.86. The second-order valence-electron chi connectivity index (χ2n) is 6.58. The molecule has 0 atom stereocenters. The first-order valence-electron chi connectivity index (χ1n) is 9.28. The van der Waals surface area contributed by atoms with Crippen LogP contribution in [0.15, 0.2) is 69.8 Å². The topological polar surface area (TPSA) is 50.2 Å². The van der Waals surface area contributed by atoms with Gasteiger partial charge in [0.05, 0.1) is 5.71 Å². The van der Waals surface area contributed by atoms with Crippen molar-refractivity contribution in [2.24, 2.45) is 4.99 Å². The highest BCUT2D eigenvalue weighted by Crippen LogP contribution is 2.42. The molecule has 3 aromatic rings. The van der Waals surface area contributed by atoms with E-state index in [1.807, 2.05) is 18.2 Å². The molecule has 0 saturated carbocycles. The summed E-state index contributed by atoms with van der Waals surface area (Å²) in [5.74, 6) is 0.805. The summed E-state index contributed by atoms with van der Waals surface area (Å²) in [7, 11) is 0.